The average Bonchev–Trinajstić information content (AvgIpc) is 2.37. The van der Waals surface area contributed by atoms with Crippen molar-refractivity contribution in [3.63, 3.8) is 0 Å². The lowest BCUT2D eigenvalue weighted by Crippen LogP contribution is -2.39. The highest BCUT2D eigenvalue weighted by molar-refractivity contribution is 5.96. The van der Waals surface area contributed by atoms with Gasteiger partial charge in [-0.15, -0.1) is 0 Å². The van der Waals surface area contributed by atoms with E-state index in [1.165, 1.54) is 17.0 Å². The number of nitrogens with zero attached hydrogens (tertiary/aromatic N) is 1. The Hall–Kier alpha value is -2.11. The number of anilines is 1. The van der Waals surface area contributed by atoms with Crippen LogP contribution in [0.4, 0.5) is 10.1 Å². The molecule has 1 aromatic rings. The van der Waals surface area contributed by atoms with Gasteiger partial charge in [-0.1, -0.05) is 13.8 Å². The van der Waals surface area contributed by atoms with Crippen LogP contribution in [0.1, 0.15) is 31.1 Å². The number of rotatable bonds is 6. The molecule has 0 heterocycles. The molecule has 0 atom stereocenters. The van der Waals surface area contributed by atoms with E-state index in [-0.39, 0.29) is 30.3 Å². The van der Waals surface area contributed by atoms with Gasteiger partial charge in [-0.25, -0.2) is 4.39 Å². The SMILES string of the molecule is CCOC(=O)CN(CC(C)C)C(=O)c1ccc(N)cc1F. The first-order chi connectivity index (χ1) is 9.85. The Labute approximate surface area is 123 Å². The highest BCUT2D eigenvalue weighted by atomic mass is 19.1. The molecule has 0 aliphatic heterocycles. The number of hydrogen-bond acceptors (Lipinski definition) is 4. The van der Waals surface area contributed by atoms with Gasteiger partial charge in [0.2, 0.25) is 0 Å². The van der Waals surface area contributed by atoms with E-state index in [0.717, 1.165) is 6.07 Å². The molecule has 0 spiro atoms. The van der Waals surface area contributed by atoms with Crippen molar-refractivity contribution in [2.75, 3.05) is 25.4 Å². The van der Waals surface area contributed by atoms with Crippen molar-refractivity contribution >= 4 is 17.6 Å². The van der Waals surface area contributed by atoms with E-state index in [2.05, 4.69) is 0 Å². The molecule has 116 valence electrons. The van der Waals surface area contributed by atoms with Crippen LogP contribution in [-0.4, -0.2) is 36.5 Å². The third kappa shape index (κ3) is 5.06. The monoisotopic (exact) mass is 296 g/mol. The van der Waals surface area contributed by atoms with Crippen LogP contribution in [0.25, 0.3) is 0 Å². The molecule has 2 N–H and O–H groups in total. The predicted octanol–water partition coefficient (Wildman–Crippen LogP) is 2.07. The molecule has 1 aromatic carbocycles. The Morgan fingerprint density at radius 2 is 2.05 bits per heavy atom. The molecule has 0 bridgehead atoms. The molecule has 0 saturated carbocycles. The van der Waals surface area contributed by atoms with Crippen molar-refractivity contribution in [1.29, 1.82) is 0 Å². The second-order valence-corrected chi connectivity index (χ2v) is 5.12. The summed E-state index contributed by atoms with van der Waals surface area (Å²) in [5, 5.41) is 0. The summed E-state index contributed by atoms with van der Waals surface area (Å²) >= 11 is 0. The summed E-state index contributed by atoms with van der Waals surface area (Å²) in [6, 6.07) is 3.87. The third-order valence-corrected chi connectivity index (χ3v) is 2.72. The second-order valence-electron chi connectivity index (χ2n) is 5.12. The van der Waals surface area contributed by atoms with Crippen molar-refractivity contribution in [2.24, 2.45) is 5.92 Å². The first-order valence-corrected chi connectivity index (χ1v) is 6.85. The summed E-state index contributed by atoms with van der Waals surface area (Å²) in [7, 11) is 0. The number of esters is 1. The topological polar surface area (TPSA) is 72.6 Å². The van der Waals surface area contributed by atoms with Crippen LogP contribution >= 0.6 is 0 Å². The van der Waals surface area contributed by atoms with Gasteiger partial charge in [0.25, 0.3) is 5.91 Å². The van der Waals surface area contributed by atoms with E-state index >= 15 is 0 Å². The molecule has 0 aliphatic rings. The maximum atomic E-state index is 13.8. The van der Waals surface area contributed by atoms with Gasteiger partial charge >= 0.3 is 5.97 Å². The minimum absolute atomic E-state index is 0.103. The standard InChI is InChI=1S/C15H21FN2O3/c1-4-21-14(19)9-18(8-10(2)3)15(20)12-6-5-11(17)7-13(12)16/h5-7,10H,4,8-9,17H2,1-3H3. The minimum Gasteiger partial charge on any atom is -0.465 e. The summed E-state index contributed by atoms with van der Waals surface area (Å²) in [5.74, 6) is -1.62. The lowest BCUT2D eigenvalue weighted by molar-refractivity contribution is -0.143. The molecule has 1 amide bonds. The highest BCUT2D eigenvalue weighted by Crippen LogP contribution is 2.15. The molecule has 0 aliphatic carbocycles. The fourth-order valence-electron chi connectivity index (χ4n) is 1.90. The van der Waals surface area contributed by atoms with Crippen molar-refractivity contribution < 1.29 is 18.7 Å². The van der Waals surface area contributed by atoms with E-state index < -0.39 is 17.7 Å². The Kier molecular flexibility index (Phi) is 6.14. The van der Waals surface area contributed by atoms with E-state index in [1.54, 1.807) is 6.92 Å². The first-order valence-electron chi connectivity index (χ1n) is 6.85. The van der Waals surface area contributed by atoms with Crippen LogP contribution in [0.5, 0.6) is 0 Å². The Bertz CT molecular complexity index is 518. The van der Waals surface area contributed by atoms with Gasteiger partial charge in [-0.05, 0) is 31.0 Å². The molecule has 0 saturated heterocycles. The Balaban J connectivity index is 2.95. The van der Waals surface area contributed by atoms with Crippen LogP contribution in [0.15, 0.2) is 18.2 Å². The quantitative estimate of drug-likeness (QED) is 0.644. The fraction of sp³-hybridized carbons (Fsp3) is 0.467. The molecule has 0 unspecified atom stereocenters. The smallest absolute Gasteiger partial charge is 0.325 e. The average molecular weight is 296 g/mol. The van der Waals surface area contributed by atoms with E-state index in [0.29, 0.717) is 6.54 Å². The van der Waals surface area contributed by atoms with Crippen LogP contribution in [0.2, 0.25) is 0 Å². The minimum atomic E-state index is -0.697. The number of halogens is 1. The molecular formula is C15H21FN2O3. The number of carbonyl (C=O) groups excluding carboxylic acids is 2. The van der Waals surface area contributed by atoms with E-state index in [1.807, 2.05) is 13.8 Å². The largest absolute Gasteiger partial charge is 0.465 e. The summed E-state index contributed by atoms with van der Waals surface area (Å²) < 4.78 is 18.7. The first kappa shape index (κ1) is 16.9. The molecule has 0 radical (unpaired) electrons. The van der Waals surface area contributed by atoms with Crippen LogP contribution in [0, 0.1) is 11.7 Å². The fourth-order valence-corrected chi connectivity index (χ4v) is 1.90. The number of amides is 1. The van der Waals surface area contributed by atoms with Crippen LogP contribution in [-0.2, 0) is 9.53 Å². The number of hydrogen-bond donors (Lipinski definition) is 1. The normalized spacial score (nSPS) is 10.5. The molecule has 0 fully saturated rings. The number of ether oxygens (including phenoxy) is 1. The lowest BCUT2D eigenvalue weighted by Gasteiger charge is -2.24. The highest BCUT2D eigenvalue weighted by Gasteiger charge is 2.23. The summed E-state index contributed by atoms with van der Waals surface area (Å²) in [5.41, 5.74) is 5.60. The maximum Gasteiger partial charge on any atom is 0.325 e. The Morgan fingerprint density at radius 1 is 1.38 bits per heavy atom. The van der Waals surface area contributed by atoms with Gasteiger partial charge in [0.05, 0.1) is 12.2 Å². The molecule has 0 aromatic heterocycles. The van der Waals surface area contributed by atoms with Crippen molar-refractivity contribution in [1.82, 2.24) is 4.90 Å². The predicted molar refractivity (Wildman–Crippen MR) is 78.2 cm³/mol. The second kappa shape index (κ2) is 7.61. The van der Waals surface area contributed by atoms with Crippen LogP contribution < -0.4 is 5.73 Å². The van der Waals surface area contributed by atoms with Crippen molar-refractivity contribution in [2.45, 2.75) is 20.8 Å². The maximum absolute atomic E-state index is 13.8. The van der Waals surface area contributed by atoms with E-state index in [9.17, 15) is 14.0 Å². The van der Waals surface area contributed by atoms with Gasteiger partial charge in [0, 0.05) is 12.2 Å². The number of benzene rings is 1. The number of nitrogens with two attached hydrogens (primary N) is 1. The number of carbonyl (C=O) groups is 2. The van der Waals surface area contributed by atoms with Crippen molar-refractivity contribution in [3.05, 3.63) is 29.6 Å². The van der Waals surface area contributed by atoms with Gasteiger partial charge in [-0.3, -0.25) is 9.59 Å². The molecular weight excluding hydrogens is 275 g/mol. The van der Waals surface area contributed by atoms with Gasteiger partial charge < -0.3 is 15.4 Å². The van der Waals surface area contributed by atoms with Crippen LogP contribution in [0.3, 0.4) is 0 Å². The summed E-state index contributed by atoms with van der Waals surface area (Å²) in [6.45, 7) is 5.87. The summed E-state index contributed by atoms with van der Waals surface area (Å²) in [6.07, 6.45) is 0. The summed E-state index contributed by atoms with van der Waals surface area (Å²) in [4.78, 5) is 25.3. The van der Waals surface area contributed by atoms with E-state index in [4.69, 9.17) is 10.5 Å². The lowest BCUT2D eigenvalue weighted by atomic mass is 10.1. The number of nitrogen functional groups attached to an aromatic ring is 1. The Morgan fingerprint density at radius 3 is 2.57 bits per heavy atom. The molecule has 21 heavy (non-hydrogen) atoms. The van der Waals surface area contributed by atoms with Gasteiger partial charge in [0.1, 0.15) is 12.4 Å². The zero-order chi connectivity index (χ0) is 16.0. The molecule has 5 nitrogen and oxygen atoms in total. The molecule has 6 heteroatoms. The van der Waals surface area contributed by atoms with Gasteiger partial charge in [0.15, 0.2) is 0 Å². The zero-order valence-corrected chi connectivity index (χ0v) is 12.6. The molecule has 1 rings (SSSR count). The van der Waals surface area contributed by atoms with Crippen molar-refractivity contribution in [3.8, 4) is 0 Å². The zero-order valence-electron chi connectivity index (χ0n) is 12.6. The van der Waals surface area contributed by atoms with Gasteiger partial charge in [-0.2, -0.15) is 0 Å². The third-order valence-electron chi connectivity index (χ3n) is 2.72.